The van der Waals surface area contributed by atoms with Crippen LogP contribution in [0.25, 0.3) is 0 Å². The lowest BCUT2D eigenvalue weighted by Gasteiger charge is -2.23. The molecule has 0 saturated carbocycles. The third-order valence-corrected chi connectivity index (χ3v) is 5.05. The highest BCUT2D eigenvalue weighted by atomic mass is 16.2. The minimum absolute atomic E-state index is 0.00802. The van der Waals surface area contributed by atoms with Gasteiger partial charge < -0.3 is 16.0 Å². The second-order valence-electron chi connectivity index (χ2n) is 7.98. The Hall–Kier alpha value is -2.74. The van der Waals surface area contributed by atoms with Crippen molar-refractivity contribution in [1.29, 1.82) is 0 Å². The maximum atomic E-state index is 12.6. The van der Waals surface area contributed by atoms with Gasteiger partial charge in [-0.25, -0.2) is 4.68 Å². The molecule has 2 heterocycles. The molecular weight excluding hydrogens is 368 g/mol. The van der Waals surface area contributed by atoms with Gasteiger partial charge in [-0.15, -0.1) is 5.10 Å². The molecular formula is C21H30N6O2. The van der Waals surface area contributed by atoms with E-state index in [1.165, 1.54) is 0 Å². The number of hydrogen-bond acceptors (Lipinski definition) is 5. The third-order valence-electron chi connectivity index (χ3n) is 5.05. The maximum absolute atomic E-state index is 12.6. The molecule has 1 aromatic carbocycles. The van der Waals surface area contributed by atoms with E-state index in [1.54, 1.807) is 0 Å². The van der Waals surface area contributed by atoms with Gasteiger partial charge in [0.1, 0.15) is 0 Å². The number of benzene rings is 1. The van der Waals surface area contributed by atoms with Gasteiger partial charge in [0.2, 0.25) is 5.91 Å². The summed E-state index contributed by atoms with van der Waals surface area (Å²) >= 11 is 0. The summed E-state index contributed by atoms with van der Waals surface area (Å²) in [7, 11) is 0. The van der Waals surface area contributed by atoms with E-state index in [0.717, 1.165) is 42.9 Å². The predicted molar refractivity (Wildman–Crippen MR) is 112 cm³/mol. The van der Waals surface area contributed by atoms with Crippen LogP contribution < -0.4 is 16.0 Å². The van der Waals surface area contributed by atoms with Crippen LogP contribution in [0.2, 0.25) is 0 Å². The van der Waals surface area contributed by atoms with E-state index in [0.29, 0.717) is 24.6 Å². The van der Waals surface area contributed by atoms with Gasteiger partial charge in [0, 0.05) is 18.7 Å². The number of amides is 2. The number of rotatable bonds is 7. The van der Waals surface area contributed by atoms with E-state index in [9.17, 15) is 9.59 Å². The monoisotopic (exact) mass is 398 g/mol. The first-order valence-corrected chi connectivity index (χ1v) is 10.2. The second-order valence-corrected chi connectivity index (χ2v) is 7.98. The lowest BCUT2D eigenvalue weighted by molar-refractivity contribution is -0.116. The van der Waals surface area contributed by atoms with Crippen molar-refractivity contribution in [2.75, 3.05) is 18.4 Å². The molecule has 0 unspecified atom stereocenters. The van der Waals surface area contributed by atoms with Crippen LogP contribution in [0, 0.1) is 12.8 Å². The Kier molecular flexibility index (Phi) is 6.98. The summed E-state index contributed by atoms with van der Waals surface area (Å²) < 4.78 is 1.88. The van der Waals surface area contributed by atoms with E-state index < -0.39 is 0 Å². The fourth-order valence-electron chi connectivity index (χ4n) is 3.56. The van der Waals surface area contributed by atoms with Crippen molar-refractivity contribution in [2.45, 2.75) is 52.6 Å². The maximum Gasteiger partial charge on any atom is 0.274 e. The average Bonchev–Trinajstić information content (AvgIpc) is 3.08. The van der Waals surface area contributed by atoms with Crippen molar-refractivity contribution in [2.24, 2.45) is 5.92 Å². The topological polar surface area (TPSA) is 101 Å². The number of hydrogen-bond donors (Lipinski definition) is 3. The van der Waals surface area contributed by atoms with Gasteiger partial charge in [-0.1, -0.05) is 31.2 Å². The highest BCUT2D eigenvalue weighted by Gasteiger charge is 2.22. The largest absolute Gasteiger partial charge is 0.347 e. The molecule has 0 bridgehead atoms. The number of nitrogens with zero attached hydrogens (tertiary/aromatic N) is 3. The van der Waals surface area contributed by atoms with Crippen LogP contribution in [0.15, 0.2) is 24.3 Å². The summed E-state index contributed by atoms with van der Waals surface area (Å²) in [6.07, 6.45) is 2.45. The normalized spacial score (nSPS) is 14.8. The zero-order chi connectivity index (χ0) is 20.8. The lowest BCUT2D eigenvalue weighted by atomic mass is 10.1. The zero-order valence-corrected chi connectivity index (χ0v) is 17.4. The highest BCUT2D eigenvalue weighted by molar-refractivity contribution is 5.93. The molecule has 2 amide bonds. The molecule has 1 aliphatic heterocycles. The van der Waals surface area contributed by atoms with E-state index in [2.05, 4.69) is 26.3 Å². The SMILES string of the molecule is Cc1c(C(=O)NCc2cccc(NC(=O)CC(C)C)c2)nnn1C1CCNCC1. The van der Waals surface area contributed by atoms with Crippen molar-refractivity contribution in [3.8, 4) is 0 Å². The van der Waals surface area contributed by atoms with Gasteiger partial charge in [0.15, 0.2) is 5.69 Å². The molecule has 8 nitrogen and oxygen atoms in total. The highest BCUT2D eigenvalue weighted by Crippen LogP contribution is 2.20. The summed E-state index contributed by atoms with van der Waals surface area (Å²) in [5.41, 5.74) is 2.80. The summed E-state index contributed by atoms with van der Waals surface area (Å²) in [5.74, 6) is 0.0577. The molecule has 0 aliphatic carbocycles. The number of anilines is 1. The molecule has 1 aliphatic rings. The van der Waals surface area contributed by atoms with E-state index in [4.69, 9.17) is 0 Å². The fourth-order valence-corrected chi connectivity index (χ4v) is 3.56. The predicted octanol–water partition coefficient (Wildman–Crippen LogP) is 2.43. The van der Waals surface area contributed by atoms with Crippen LogP contribution in [0.5, 0.6) is 0 Å². The van der Waals surface area contributed by atoms with Gasteiger partial charge in [-0.05, 0) is 56.5 Å². The van der Waals surface area contributed by atoms with E-state index >= 15 is 0 Å². The van der Waals surface area contributed by atoms with Crippen molar-refractivity contribution < 1.29 is 9.59 Å². The Balaban J connectivity index is 1.59. The zero-order valence-electron chi connectivity index (χ0n) is 17.4. The number of piperidine rings is 1. The Labute approximate surface area is 171 Å². The standard InChI is InChI=1S/C21H30N6O2/c1-14(2)11-19(28)24-17-6-4-5-16(12-17)13-23-21(29)20-15(3)27(26-25-20)18-7-9-22-10-8-18/h4-6,12,14,18,22H,7-11,13H2,1-3H3,(H,23,29)(H,24,28). The Bertz CT molecular complexity index is 855. The first-order chi connectivity index (χ1) is 13.9. The van der Waals surface area contributed by atoms with Crippen molar-refractivity contribution in [1.82, 2.24) is 25.6 Å². The lowest BCUT2D eigenvalue weighted by Crippen LogP contribution is -2.30. The summed E-state index contributed by atoms with van der Waals surface area (Å²) in [4.78, 5) is 24.6. The molecule has 0 radical (unpaired) electrons. The minimum Gasteiger partial charge on any atom is -0.347 e. The first-order valence-electron chi connectivity index (χ1n) is 10.2. The summed E-state index contributed by atoms with van der Waals surface area (Å²) in [6.45, 7) is 8.17. The van der Waals surface area contributed by atoms with Crippen LogP contribution in [0.3, 0.4) is 0 Å². The summed E-state index contributed by atoms with van der Waals surface area (Å²) in [5, 5.41) is 17.5. The number of nitrogens with one attached hydrogen (secondary N) is 3. The van der Waals surface area contributed by atoms with Crippen LogP contribution in [-0.2, 0) is 11.3 Å². The van der Waals surface area contributed by atoms with Crippen LogP contribution >= 0.6 is 0 Å². The molecule has 1 saturated heterocycles. The molecule has 1 aromatic heterocycles. The number of aromatic nitrogens is 3. The van der Waals surface area contributed by atoms with Gasteiger partial charge in [-0.3, -0.25) is 9.59 Å². The number of carbonyl (C=O) groups excluding carboxylic acids is 2. The van der Waals surface area contributed by atoms with Crippen LogP contribution in [-0.4, -0.2) is 39.9 Å². The molecule has 156 valence electrons. The van der Waals surface area contributed by atoms with Crippen LogP contribution in [0.1, 0.15) is 60.9 Å². The quantitative estimate of drug-likeness (QED) is 0.665. The Morgan fingerprint density at radius 3 is 2.76 bits per heavy atom. The molecule has 0 atom stereocenters. The van der Waals surface area contributed by atoms with Crippen molar-refractivity contribution in [3.63, 3.8) is 0 Å². The third kappa shape index (κ3) is 5.63. The fraction of sp³-hybridized carbons (Fsp3) is 0.524. The van der Waals surface area contributed by atoms with Crippen molar-refractivity contribution in [3.05, 3.63) is 41.2 Å². The van der Waals surface area contributed by atoms with Gasteiger partial charge in [0.05, 0.1) is 11.7 Å². The average molecular weight is 399 g/mol. The number of carbonyl (C=O) groups is 2. The first kappa shape index (κ1) is 21.0. The van der Waals surface area contributed by atoms with E-state index in [-0.39, 0.29) is 17.9 Å². The van der Waals surface area contributed by atoms with Crippen LogP contribution in [0.4, 0.5) is 5.69 Å². The Morgan fingerprint density at radius 1 is 1.28 bits per heavy atom. The van der Waals surface area contributed by atoms with Gasteiger partial charge >= 0.3 is 0 Å². The second kappa shape index (κ2) is 9.65. The minimum atomic E-state index is -0.239. The molecule has 8 heteroatoms. The molecule has 29 heavy (non-hydrogen) atoms. The molecule has 0 spiro atoms. The van der Waals surface area contributed by atoms with Crippen molar-refractivity contribution >= 4 is 17.5 Å². The summed E-state index contributed by atoms with van der Waals surface area (Å²) in [6, 6.07) is 7.79. The molecule has 1 fully saturated rings. The Morgan fingerprint density at radius 2 is 2.03 bits per heavy atom. The van der Waals surface area contributed by atoms with Gasteiger partial charge in [-0.2, -0.15) is 0 Å². The van der Waals surface area contributed by atoms with E-state index in [1.807, 2.05) is 49.7 Å². The molecule has 3 N–H and O–H groups in total. The van der Waals surface area contributed by atoms with Gasteiger partial charge in [0.25, 0.3) is 5.91 Å². The molecule has 2 aromatic rings. The molecule has 3 rings (SSSR count). The smallest absolute Gasteiger partial charge is 0.274 e.